The lowest BCUT2D eigenvalue weighted by Gasteiger charge is -2.31. The molecule has 0 bridgehead atoms. The van der Waals surface area contributed by atoms with Crippen molar-refractivity contribution in [3.05, 3.63) is 0 Å². The van der Waals surface area contributed by atoms with Crippen molar-refractivity contribution in [3.63, 3.8) is 0 Å². The van der Waals surface area contributed by atoms with Gasteiger partial charge in [0, 0.05) is 39.8 Å². The number of hydrogen-bond acceptors (Lipinski definition) is 3. The summed E-state index contributed by atoms with van der Waals surface area (Å²) in [6, 6.07) is 0. The molecule has 2 saturated heterocycles. The van der Waals surface area contributed by atoms with Gasteiger partial charge >= 0.3 is 0 Å². The molecule has 22 heavy (non-hydrogen) atoms. The fourth-order valence-corrected chi connectivity index (χ4v) is 4.18. The minimum Gasteiger partial charge on any atom is -0.356 e. The number of piperidine rings is 1. The van der Waals surface area contributed by atoms with Gasteiger partial charge in [-0.3, -0.25) is 4.99 Å². The number of hydrogen-bond donors (Lipinski definition) is 1. The van der Waals surface area contributed by atoms with E-state index in [0.717, 1.165) is 38.4 Å². The molecule has 6 nitrogen and oxygen atoms in total. The zero-order chi connectivity index (χ0) is 16.4. The maximum absolute atomic E-state index is 11.5. The number of aliphatic imine (C=N–C) groups is 1. The molecule has 1 N–H and O–H groups in total. The molecule has 0 aliphatic carbocycles. The lowest BCUT2D eigenvalue weighted by atomic mass is 9.93. The van der Waals surface area contributed by atoms with Crippen molar-refractivity contribution in [2.75, 3.05) is 46.0 Å². The average molecular weight is 330 g/mol. The van der Waals surface area contributed by atoms with Crippen molar-refractivity contribution >= 4 is 16.0 Å². The van der Waals surface area contributed by atoms with E-state index in [1.807, 2.05) is 7.05 Å². The van der Waals surface area contributed by atoms with Crippen LogP contribution in [-0.4, -0.2) is 69.6 Å². The molecule has 7 heteroatoms. The third-order valence-corrected chi connectivity index (χ3v) is 6.08. The Kier molecular flexibility index (Phi) is 5.37. The van der Waals surface area contributed by atoms with E-state index in [-0.39, 0.29) is 0 Å². The first-order valence-corrected chi connectivity index (χ1v) is 9.97. The Bertz CT molecular complexity index is 508. The molecule has 0 aromatic heterocycles. The van der Waals surface area contributed by atoms with Crippen LogP contribution in [0.3, 0.4) is 0 Å². The number of likely N-dealkylation sites (tertiary alicyclic amines) is 1. The fraction of sp³-hybridized carbons (Fsp3) is 0.933. The van der Waals surface area contributed by atoms with Gasteiger partial charge in [0.1, 0.15) is 0 Å². The molecule has 2 heterocycles. The van der Waals surface area contributed by atoms with Crippen LogP contribution in [0, 0.1) is 11.3 Å². The zero-order valence-corrected chi connectivity index (χ0v) is 15.1. The Morgan fingerprint density at radius 2 is 1.91 bits per heavy atom. The summed E-state index contributed by atoms with van der Waals surface area (Å²) in [6.07, 6.45) is 4.33. The highest BCUT2D eigenvalue weighted by molar-refractivity contribution is 7.88. The van der Waals surface area contributed by atoms with E-state index >= 15 is 0 Å². The van der Waals surface area contributed by atoms with Gasteiger partial charge in [-0.05, 0) is 30.6 Å². The average Bonchev–Trinajstić information content (AvgIpc) is 2.79. The molecule has 0 aromatic carbocycles. The van der Waals surface area contributed by atoms with Crippen LogP contribution in [0.2, 0.25) is 0 Å². The van der Waals surface area contributed by atoms with Crippen molar-refractivity contribution in [2.24, 2.45) is 16.3 Å². The highest BCUT2D eigenvalue weighted by Crippen LogP contribution is 2.28. The van der Waals surface area contributed by atoms with E-state index in [9.17, 15) is 8.42 Å². The molecule has 128 valence electrons. The number of sulfonamides is 1. The summed E-state index contributed by atoms with van der Waals surface area (Å²) in [5.41, 5.74) is 0.360. The lowest BCUT2D eigenvalue weighted by Crippen LogP contribution is -2.45. The molecule has 2 aliphatic heterocycles. The monoisotopic (exact) mass is 330 g/mol. The van der Waals surface area contributed by atoms with Gasteiger partial charge in [0.25, 0.3) is 0 Å². The molecular formula is C15H30N4O2S. The zero-order valence-electron chi connectivity index (χ0n) is 14.3. The number of guanidine groups is 1. The van der Waals surface area contributed by atoms with Crippen LogP contribution in [0.15, 0.2) is 4.99 Å². The van der Waals surface area contributed by atoms with Crippen LogP contribution < -0.4 is 5.32 Å². The van der Waals surface area contributed by atoms with Gasteiger partial charge in [-0.25, -0.2) is 12.7 Å². The van der Waals surface area contributed by atoms with Crippen molar-refractivity contribution in [2.45, 2.75) is 33.1 Å². The van der Waals surface area contributed by atoms with E-state index in [4.69, 9.17) is 0 Å². The van der Waals surface area contributed by atoms with Gasteiger partial charge in [-0.1, -0.05) is 13.8 Å². The molecule has 0 atom stereocenters. The van der Waals surface area contributed by atoms with E-state index in [1.54, 1.807) is 4.31 Å². The van der Waals surface area contributed by atoms with Gasteiger partial charge in [-0.15, -0.1) is 0 Å². The summed E-state index contributed by atoms with van der Waals surface area (Å²) in [7, 11) is -1.20. The maximum atomic E-state index is 11.5. The van der Waals surface area contributed by atoms with E-state index in [1.165, 1.54) is 12.7 Å². The van der Waals surface area contributed by atoms with Gasteiger partial charge in [0.05, 0.1) is 6.26 Å². The third-order valence-electron chi connectivity index (χ3n) is 4.78. The Labute approximate surface area is 135 Å². The summed E-state index contributed by atoms with van der Waals surface area (Å²) >= 11 is 0. The number of nitrogens with one attached hydrogen (secondary N) is 1. The molecular weight excluding hydrogens is 300 g/mol. The second-order valence-electron chi connectivity index (χ2n) is 7.37. The molecule has 0 radical (unpaired) electrons. The Morgan fingerprint density at radius 3 is 2.36 bits per heavy atom. The topological polar surface area (TPSA) is 65.0 Å². The summed E-state index contributed by atoms with van der Waals surface area (Å²) in [6.45, 7) is 8.84. The molecule has 0 aromatic rings. The summed E-state index contributed by atoms with van der Waals surface area (Å²) < 4.78 is 24.6. The third kappa shape index (κ3) is 4.59. The molecule has 0 saturated carbocycles. The van der Waals surface area contributed by atoms with Crippen molar-refractivity contribution < 1.29 is 8.42 Å². The van der Waals surface area contributed by atoms with Crippen LogP contribution in [0.5, 0.6) is 0 Å². The van der Waals surface area contributed by atoms with Gasteiger partial charge in [-0.2, -0.15) is 0 Å². The van der Waals surface area contributed by atoms with Crippen molar-refractivity contribution in [1.82, 2.24) is 14.5 Å². The molecule has 0 unspecified atom stereocenters. The highest BCUT2D eigenvalue weighted by Gasteiger charge is 2.31. The fourth-order valence-electron chi connectivity index (χ4n) is 3.31. The standard InChI is InChI=1S/C15H30N4O2S/c1-15(2)7-10-18(12-15)14(16-3)17-11-13-5-8-19(9-6-13)22(4,20)21/h13H,5-12H2,1-4H3,(H,16,17). The first-order valence-electron chi connectivity index (χ1n) is 8.12. The number of rotatable bonds is 3. The summed E-state index contributed by atoms with van der Waals surface area (Å²) in [5.74, 6) is 1.50. The minimum atomic E-state index is -3.03. The van der Waals surface area contributed by atoms with Crippen LogP contribution in [0.25, 0.3) is 0 Å². The molecule has 2 rings (SSSR count). The Hall–Kier alpha value is -0.820. The van der Waals surface area contributed by atoms with Crippen LogP contribution in [0.4, 0.5) is 0 Å². The predicted molar refractivity (Wildman–Crippen MR) is 90.5 cm³/mol. The lowest BCUT2D eigenvalue weighted by molar-refractivity contribution is 0.272. The van der Waals surface area contributed by atoms with Gasteiger partial charge in [0.15, 0.2) is 5.96 Å². The smallest absolute Gasteiger partial charge is 0.211 e. The largest absolute Gasteiger partial charge is 0.356 e. The SMILES string of the molecule is CN=C(NCC1CCN(S(C)(=O)=O)CC1)N1CCC(C)(C)C1. The van der Waals surface area contributed by atoms with E-state index < -0.39 is 10.0 Å². The van der Waals surface area contributed by atoms with Crippen molar-refractivity contribution in [3.8, 4) is 0 Å². The first kappa shape index (κ1) is 17.5. The quantitative estimate of drug-likeness (QED) is 0.618. The first-order chi connectivity index (χ1) is 10.2. The van der Waals surface area contributed by atoms with Gasteiger partial charge in [0.2, 0.25) is 10.0 Å². The van der Waals surface area contributed by atoms with E-state index in [0.29, 0.717) is 24.4 Å². The second-order valence-corrected chi connectivity index (χ2v) is 9.35. The highest BCUT2D eigenvalue weighted by atomic mass is 32.2. The number of nitrogens with zero attached hydrogens (tertiary/aromatic N) is 3. The summed E-state index contributed by atoms with van der Waals surface area (Å²) in [4.78, 5) is 6.72. The molecule has 0 amide bonds. The molecule has 2 fully saturated rings. The Balaban J connectivity index is 1.78. The second kappa shape index (κ2) is 6.74. The van der Waals surface area contributed by atoms with Gasteiger partial charge < -0.3 is 10.2 Å². The van der Waals surface area contributed by atoms with Crippen molar-refractivity contribution in [1.29, 1.82) is 0 Å². The van der Waals surface area contributed by atoms with Crippen LogP contribution >= 0.6 is 0 Å². The van der Waals surface area contributed by atoms with Crippen LogP contribution in [-0.2, 0) is 10.0 Å². The Morgan fingerprint density at radius 1 is 1.27 bits per heavy atom. The van der Waals surface area contributed by atoms with Crippen LogP contribution in [0.1, 0.15) is 33.1 Å². The summed E-state index contributed by atoms with van der Waals surface area (Å²) in [5, 5.41) is 3.48. The van der Waals surface area contributed by atoms with E-state index in [2.05, 4.69) is 29.1 Å². The normalized spacial score (nSPS) is 24.7. The minimum absolute atomic E-state index is 0.360. The molecule has 0 spiro atoms. The maximum Gasteiger partial charge on any atom is 0.211 e. The molecule has 2 aliphatic rings. The predicted octanol–water partition coefficient (Wildman–Crippen LogP) is 0.965.